The topological polar surface area (TPSA) is 74.8 Å². The van der Waals surface area contributed by atoms with Crippen LogP contribution in [0.25, 0.3) is 0 Å². The minimum absolute atomic E-state index is 0.151. The lowest BCUT2D eigenvalue weighted by molar-refractivity contribution is 0.0934. The van der Waals surface area contributed by atoms with E-state index >= 15 is 0 Å². The van der Waals surface area contributed by atoms with E-state index in [2.05, 4.69) is 31.4 Å². The molecule has 1 atom stereocenters. The summed E-state index contributed by atoms with van der Waals surface area (Å²) in [5, 5.41) is 9.37. The van der Waals surface area contributed by atoms with Crippen molar-refractivity contribution in [3.8, 4) is 0 Å². The number of amides is 1. The molecule has 98 valence electrons. The van der Waals surface area contributed by atoms with Crippen molar-refractivity contribution < 1.29 is 4.79 Å². The summed E-state index contributed by atoms with van der Waals surface area (Å²) in [6.07, 6.45) is 0. The van der Waals surface area contributed by atoms with Crippen LogP contribution < -0.4 is 10.9 Å². The van der Waals surface area contributed by atoms with Crippen molar-refractivity contribution in [3.63, 3.8) is 0 Å². The van der Waals surface area contributed by atoms with Gasteiger partial charge in [-0.2, -0.15) is 5.10 Å². The lowest BCUT2D eigenvalue weighted by atomic mass is 10.1. The highest BCUT2D eigenvalue weighted by molar-refractivity contribution is 9.09. The number of hydrogen-bond acceptors (Lipinski definition) is 3. The van der Waals surface area contributed by atoms with Crippen LogP contribution in [0.3, 0.4) is 0 Å². The minimum atomic E-state index is -0.336. The molecular formula is C13H12BrN3O2. The number of benzene rings is 1. The fraction of sp³-hybridized carbons (Fsp3) is 0.154. The summed E-state index contributed by atoms with van der Waals surface area (Å²) in [5.41, 5.74) is 0.843. The van der Waals surface area contributed by atoms with E-state index in [1.54, 1.807) is 0 Å². The summed E-state index contributed by atoms with van der Waals surface area (Å²) < 4.78 is 0. The lowest BCUT2D eigenvalue weighted by Gasteiger charge is -2.16. The molecule has 2 N–H and O–H groups in total. The first-order valence-corrected chi connectivity index (χ1v) is 6.80. The molecule has 0 radical (unpaired) electrons. The molecule has 2 aromatic rings. The predicted molar refractivity (Wildman–Crippen MR) is 75.3 cm³/mol. The van der Waals surface area contributed by atoms with Crippen LogP contribution >= 0.6 is 15.9 Å². The zero-order chi connectivity index (χ0) is 13.7. The van der Waals surface area contributed by atoms with Crippen LogP contribution in [0.15, 0.2) is 47.3 Å². The van der Waals surface area contributed by atoms with Gasteiger partial charge in [0, 0.05) is 11.4 Å². The summed E-state index contributed by atoms with van der Waals surface area (Å²) in [6.45, 7) is 0. The van der Waals surface area contributed by atoms with Crippen molar-refractivity contribution >= 4 is 21.8 Å². The van der Waals surface area contributed by atoms with E-state index in [4.69, 9.17) is 0 Å². The average Bonchev–Trinajstić information content (AvgIpc) is 2.46. The van der Waals surface area contributed by atoms with Crippen molar-refractivity contribution in [1.29, 1.82) is 0 Å². The van der Waals surface area contributed by atoms with Crippen molar-refractivity contribution in [2.75, 3.05) is 5.33 Å². The van der Waals surface area contributed by atoms with Crippen LogP contribution in [-0.2, 0) is 0 Å². The zero-order valence-corrected chi connectivity index (χ0v) is 11.6. The van der Waals surface area contributed by atoms with Gasteiger partial charge < -0.3 is 5.32 Å². The normalized spacial score (nSPS) is 11.8. The summed E-state index contributed by atoms with van der Waals surface area (Å²) in [4.78, 5) is 22.9. The smallest absolute Gasteiger partial charge is 0.272 e. The third-order valence-electron chi connectivity index (χ3n) is 2.57. The number of alkyl halides is 1. The summed E-state index contributed by atoms with van der Waals surface area (Å²) in [6, 6.07) is 12.1. The Labute approximate surface area is 118 Å². The highest BCUT2D eigenvalue weighted by atomic mass is 79.9. The van der Waals surface area contributed by atoms with Crippen LogP contribution in [0.2, 0.25) is 0 Å². The van der Waals surface area contributed by atoms with Gasteiger partial charge in [-0.05, 0) is 11.6 Å². The first-order chi connectivity index (χ1) is 9.20. The van der Waals surface area contributed by atoms with Crippen molar-refractivity contribution in [3.05, 3.63) is 64.1 Å². The fourth-order valence-electron chi connectivity index (χ4n) is 1.60. The van der Waals surface area contributed by atoms with Gasteiger partial charge in [0.25, 0.3) is 11.5 Å². The number of carbonyl (C=O) groups excluding carboxylic acids is 1. The lowest BCUT2D eigenvalue weighted by Crippen LogP contribution is -2.30. The number of hydrogen-bond donors (Lipinski definition) is 2. The molecule has 0 spiro atoms. The quantitative estimate of drug-likeness (QED) is 0.840. The Morgan fingerprint density at radius 3 is 2.58 bits per heavy atom. The molecule has 19 heavy (non-hydrogen) atoms. The van der Waals surface area contributed by atoms with E-state index in [1.807, 2.05) is 30.3 Å². The van der Waals surface area contributed by atoms with Gasteiger partial charge in [0.15, 0.2) is 0 Å². The molecular weight excluding hydrogens is 310 g/mol. The standard InChI is InChI=1S/C13H12BrN3O2/c14-8-11(9-4-2-1-3-5-9)15-13(19)10-6-7-12(18)17-16-10/h1-7,11H,8H2,(H,15,19)(H,17,18). The molecule has 1 aromatic heterocycles. The van der Waals surface area contributed by atoms with E-state index < -0.39 is 0 Å². The van der Waals surface area contributed by atoms with Gasteiger partial charge in [0.05, 0.1) is 6.04 Å². The maximum atomic E-state index is 12.0. The maximum absolute atomic E-state index is 12.0. The van der Waals surface area contributed by atoms with Crippen LogP contribution in [0.5, 0.6) is 0 Å². The molecule has 0 saturated carbocycles. The van der Waals surface area contributed by atoms with E-state index in [0.717, 1.165) is 5.56 Å². The molecule has 1 heterocycles. The minimum Gasteiger partial charge on any atom is -0.343 e. The van der Waals surface area contributed by atoms with Crippen molar-refractivity contribution in [2.24, 2.45) is 0 Å². The predicted octanol–water partition coefficient (Wildman–Crippen LogP) is 1.64. The monoisotopic (exact) mass is 321 g/mol. The third-order valence-corrected chi connectivity index (χ3v) is 3.22. The van der Waals surface area contributed by atoms with Gasteiger partial charge in [-0.25, -0.2) is 5.10 Å². The van der Waals surface area contributed by atoms with E-state index in [9.17, 15) is 9.59 Å². The highest BCUT2D eigenvalue weighted by Gasteiger charge is 2.15. The number of nitrogens with zero attached hydrogens (tertiary/aromatic N) is 1. The van der Waals surface area contributed by atoms with E-state index in [1.165, 1.54) is 12.1 Å². The molecule has 1 unspecified atom stereocenters. The summed E-state index contributed by atoms with van der Waals surface area (Å²) >= 11 is 3.37. The first-order valence-electron chi connectivity index (χ1n) is 5.68. The molecule has 1 aromatic carbocycles. The molecule has 5 nitrogen and oxygen atoms in total. The number of aromatic amines is 1. The Morgan fingerprint density at radius 1 is 1.26 bits per heavy atom. The molecule has 0 aliphatic heterocycles. The van der Waals surface area contributed by atoms with Crippen LogP contribution in [0.1, 0.15) is 22.1 Å². The van der Waals surface area contributed by atoms with Crippen molar-refractivity contribution in [2.45, 2.75) is 6.04 Å². The van der Waals surface area contributed by atoms with Gasteiger partial charge in [-0.15, -0.1) is 0 Å². The molecule has 0 saturated heterocycles. The number of halogens is 1. The SMILES string of the molecule is O=C(NC(CBr)c1ccccc1)c1ccc(=O)[nH]n1. The molecule has 0 aliphatic rings. The number of H-pyrrole nitrogens is 1. The van der Waals surface area contributed by atoms with Crippen LogP contribution in [0, 0.1) is 0 Å². The third kappa shape index (κ3) is 3.51. The molecule has 0 fully saturated rings. The molecule has 0 bridgehead atoms. The van der Waals surface area contributed by atoms with Gasteiger partial charge in [0.1, 0.15) is 5.69 Å². The Kier molecular flexibility index (Phi) is 4.46. The summed E-state index contributed by atoms with van der Waals surface area (Å²) in [7, 11) is 0. The number of aromatic nitrogens is 2. The van der Waals surface area contributed by atoms with Gasteiger partial charge in [-0.3, -0.25) is 9.59 Å². The van der Waals surface area contributed by atoms with Crippen LogP contribution in [0.4, 0.5) is 0 Å². The molecule has 6 heteroatoms. The second-order valence-corrected chi connectivity index (χ2v) is 4.54. The second kappa shape index (κ2) is 6.29. The van der Waals surface area contributed by atoms with Crippen LogP contribution in [-0.4, -0.2) is 21.4 Å². The Hall–Kier alpha value is -1.95. The maximum Gasteiger partial charge on any atom is 0.272 e. The van der Waals surface area contributed by atoms with Gasteiger partial charge in [0.2, 0.25) is 0 Å². The second-order valence-electron chi connectivity index (χ2n) is 3.90. The highest BCUT2D eigenvalue weighted by Crippen LogP contribution is 2.15. The first kappa shape index (κ1) is 13.5. The van der Waals surface area contributed by atoms with E-state index in [0.29, 0.717) is 5.33 Å². The fourth-order valence-corrected chi connectivity index (χ4v) is 2.14. The van der Waals surface area contributed by atoms with Gasteiger partial charge >= 0.3 is 0 Å². The molecule has 2 rings (SSSR count). The number of rotatable bonds is 4. The largest absolute Gasteiger partial charge is 0.343 e. The van der Waals surface area contributed by atoms with E-state index in [-0.39, 0.29) is 23.2 Å². The molecule has 1 amide bonds. The number of nitrogens with one attached hydrogen (secondary N) is 2. The van der Waals surface area contributed by atoms with Crippen molar-refractivity contribution in [1.82, 2.24) is 15.5 Å². The van der Waals surface area contributed by atoms with Gasteiger partial charge in [-0.1, -0.05) is 46.3 Å². The average molecular weight is 322 g/mol. The molecule has 0 aliphatic carbocycles. The zero-order valence-electron chi connectivity index (χ0n) is 9.97. The number of carbonyl (C=O) groups is 1. The Morgan fingerprint density at radius 2 is 2.00 bits per heavy atom. The Bertz CT molecular complexity index is 592. The summed E-state index contributed by atoms with van der Waals surface area (Å²) in [5.74, 6) is -0.329. The Balaban J connectivity index is 2.13.